The summed E-state index contributed by atoms with van der Waals surface area (Å²) in [6, 6.07) is 25.1. The predicted octanol–water partition coefficient (Wildman–Crippen LogP) is 4.93. The second-order valence-corrected chi connectivity index (χ2v) is 12.3. The van der Waals surface area contributed by atoms with Gasteiger partial charge < -0.3 is 14.7 Å². The van der Waals surface area contributed by atoms with Crippen LogP contribution in [-0.2, 0) is 23.1 Å². The van der Waals surface area contributed by atoms with Crippen LogP contribution in [0.4, 0.5) is 0 Å². The molecule has 2 unspecified atom stereocenters. The maximum absolute atomic E-state index is 13.5. The Morgan fingerprint density at radius 3 is 2.75 bits per heavy atom. The molecule has 1 saturated carbocycles. The van der Waals surface area contributed by atoms with Crippen molar-refractivity contribution in [3.63, 3.8) is 0 Å². The van der Waals surface area contributed by atoms with Gasteiger partial charge in [-0.25, -0.2) is 0 Å². The number of piperidine rings is 1. The van der Waals surface area contributed by atoms with Gasteiger partial charge in [0, 0.05) is 31.3 Å². The third kappa shape index (κ3) is 3.78. The highest BCUT2D eigenvalue weighted by molar-refractivity contribution is 5.92. The van der Waals surface area contributed by atoms with Crippen LogP contribution < -0.4 is 4.74 Å². The smallest absolute Gasteiger partial charge is 0.246 e. The highest BCUT2D eigenvalue weighted by Crippen LogP contribution is 2.64. The van der Waals surface area contributed by atoms with Gasteiger partial charge in [0.2, 0.25) is 5.91 Å². The number of aliphatic hydroxyl groups is 1. The largest absolute Gasteiger partial charge is 0.487 e. The molecule has 3 aromatic carbocycles. The van der Waals surface area contributed by atoms with Crippen molar-refractivity contribution in [3.05, 3.63) is 107 Å². The minimum absolute atomic E-state index is 0.0271. The lowest BCUT2D eigenvalue weighted by molar-refractivity contribution is -0.199. The third-order valence-electron chi connectivity index (χ3n) is 10.3. The van der Waals surface area contributed by atoms with Crippen LogP contribution in [0.3, 0.4) is 0 Å². The molecule has 2 fully saturated rings. The first-order valence-electron chi connectivity index (χ1n) is 14.7. The van der Waals surface area contributed by atoms with E-state index in [0.717, 1.165) is 50.1 Å². The maximum atomic E-state index is 13.5. The Balaban J connectivity index is 1.19. The van der Waals surface area contributed by atoms with Gasteiger partial charge in [0.05, 0.1) is 17.1 Å². The summed E-state index contributed by atoms with van der Waals surface area (Å²) in [5.41, 5.74) is 4.65. The van der Waals surface area contributed by atoms with Crippen LogP contribution in [0.5, 0.6) is 5.75 Å². The number of carbonyl (C=O) groups excluding carboxylic acids is 1. The molecule has 1 spiro atoms. The lowest BCUT2D eigenvalue weighted by atomic mass is 9.48. The summed E-state index contributed by atoms with van der Waals surface area (Å²) in [5.74, 6) is 0.876. The van der Waals surface area contributed by atoms with E-state index in [0.29, 0.717) is 6.42 Å². The van der Waals surface area contributed by atoms with Crippen molar-refractivity contribution in [2.45, 2.75) is 68.2 Å². The minimum atomic E-state index is -0.885. The van der Waals surface area contributed by atoms with E-state index in [9.17, 15) is 9.90 Å². The number of amides is 1. The fourth-order valence-electron chi connectivity index (χ4n) is 8.38. The van der Waals surface area contributed by atoms with Crippen LogP contribution in [0.2, 0.25) is 0 Å². The van der Waals surface area contributed by atoms with E-state index in [4.69, 9.17) is 4.74 Å². The van der Waals surface area contributed by atoms with E-state index in [1.165, 1.54) is 22.3 Å². The van der Waals surface area contributed by atoms with Crippen molar-refractivity contribution in [2.75, 3.05) is 20.1 Å². The van der Waals surface area contributed by atoms with Gasteiger partial charge >= 0.3 is 0 Å². The molecule has 4 aliphatic rings. The fraction of sp³-hybridized carbons (Fsp3) is 0.400. The average Bonchev–Trinajstić information content (AvgIpc) is 3.30. The Kier molecular flexibility index (Phi) is 6.13. The summed E-state index contributed by atoms with van der Waals surface area (Å²) < 4.78 is 6.77. The number of benzene rings is 3. The van der Waals surface area contributed by atoms with Crippen LogP contribution in [0.25, 0.3) is 6.08 Å². The fourth-order valence-corrected chi connectivity index (χ4v) is 8.38. The highest BCUT2D eigenvalue weighted by atomic mass is 16.5. The van der Waals surface area contributed by atoms with Gasteiger partial charge in [-0.1, -0.05) is 72.3 Å². The number of carbonyl (C=O) groups is 1. The van der Waals surface area contributed by atoms with Gasteiger partial charge in [-0.15, -0.1) is 0 Å². The second-order valence-electron chi connectivity index (χ2n) is 12.3. The van der Waals surface area contributed by atoms with Gasteiger partial charge in [0.15, 0.2) is 0 Å². The number of hydrogen-bond acceptors (Lipinski definition) is 4. The molecular formula is C35H38N2O3. The molecule has 206 valence electrons. The molecule has 40 heavy (non-hydrogen) atoms. The van der Waals surface area contributed by atoms with E-state index in [-0.39, 0.29) is 24.1 Å². The molecule has 2 heterocycles. The molecule has 3 aromatic rings. The summed E-state index contributed by atoms with van der Waals surface area (Å²) in [7, 11) is 1.90. The van der Waals surface area contributed by atoms with Crippen molar-refractivity contribution in [2.24, 2.45) is 0 Å². The third-order valence-corrected chi connectivity index (χ3v) is 10.3. The van der Waals surface area contributed by atoms with Crippen molar-refractivity contribution < 1.29 is 14.6 Å². The second kappa shape index (κ2) is 9.60. The molecule has 1 amide bonds. The predicted molar refractivity (Wildman–Crippen MR) is 157 cm³/mol. The molecule has 1 saturated heterocycles. The minimum Gasteiger partial charge on any atom is -0.487 e. The summed E-state index contributed by atoms with van der Waals surface area (Å²) in [6.07, 6.45) is 7.34. The van der Waals surface area contributed by atoms with Crippen molar-refractivity contribution in [3.8, 4) is 5.75 Å². The van der Waals surface area contributed by atoms with E-state index in [1.54, 1.807) is 6.08 Å². The number of likely N-dealkylation sites (tertiary alicyclic amines) is 1. The summed E-state index contributed by atoms with van der Waals surface area (Å²) in [4.78, 5) is 17.9. The number of aryl methyl sites for hydroxylation is 1. The van der Waals surface area contributed by atoms with Gasteiger partial charge in [0.1, 0.15) is 11.9 Å². The number of likely N-dealkylation sites (N-methyl/N-ethyl adjacent to an activating group) is 1. The SMILES string of the molecule is Cc1cccc(/C=C/C(=O)N(C)C2CC[C@@]3(O)[C@H]4Cc5cccc6c5[C@@]3(CCN4CCc3ccccc3)C2O6)c1. The molecule has 5 nitrogen and oxygen atoms in total. The molecule has 2 aliphatic heterocycles. The topological polar surface area (TPSA) is 53.0 Å². The number of rotatable bonds is 6. The molecule has 0 aromatic heterocycles. The van der Waals surface area contributed by atoms with Crippen molar-refractivity contribution >= 4 is 12.0 Å². The first kappa shape index (κ1) is 25.6. The van der Waals surface area contributed by atoms with Gasteiger partial charge in [-0.05, 0) is 74.4 Å². The summed E-state index contributed by atoms with van der Waals surface area (Å²) >= 11 is 0. The maximum Gasteiger partial charge on any atom is 0.246 e. The lowest BCUT2D eigenvalue weighted by Gasteiger charge is -2.64. The number of ether oxygens (including phenoxy) is 1. The average molecular weight is 535 g/mol. The Bertz CT molecular complexity index is 1470. The molecule has 7 rings (SSSR count). The summed E-state index contributed by atoms with van der Waals surface area (Å²) in [6.45, 7) is 3.91. The monoisotopic (exact) mass is 534 g/mol. The molecule has 1 N–H and O–H groups in total. The van der Waals surface area contributed by atoms with E-state index >= 15 is 0 Å². The van der Waals surface area contributed by atoms with Crippen LogP contribution in [0, 0.1) is 6.92 Å². The van der Waals surface area contributed by atoms with Crippen molar-refractivity contribution in [1.29, 1.82) is 0 Å². The molecule has 5 heteroatoms. The zero-order valence-electron chi connectivity index (χ0n) is 23.4. The molecule has 5 atom stereocenters. The molecule has 2 aliphatic carbocycles. The molecule has 2 bridgehead atoms. The first-order chi connectivity index (χ1) is 19.4. The van der Waals surface area contributed by atoms with E-state index < -0.39 is 11.0 Å². The Morgan fingerprint density at radius 1 is 1.10 bits per heavy atom. The van der Waals surface area contributed by atoms with Gasteiger partial charge in [-0.3, -0.25) is 9.69 Å². The molecular weight excluding hydrogens is 496 g/mol. The lowest BCUT2D eigenvalue weighted by Crippen LogP contribution is -2.78. The number of hydrogen-bond donors (Lipinski definition) is 1. The zero-order valence-corrected chi connectivity index (χ0v) is 23.4. The quantitative estimate of drug-likeness (QED) is 0.456. The Labute approximate surface area is 237 Å². The Morgan fingerprint density at radius 2 is 1.93 bits per heavy atom. The van der Waals surface area contributed by atoms with Crippen LogP contribution in [-0.4, -0.2) is 64.7 Å². The highest BCUT2D eigenvalue weighted by Gasteiger charge is 2.72. The molecule has 0 radical (unpaired) electrons. The standard InChI is InChI=1S/C35H38N2O3/c1-24-8-6-11-26(22-24)14-15-31(38)36(2)28-16-18-35(39)30-23-27-12-7-13-29-32(27)34(35,33(28)40-29)19-21-37(30)20-17-25-9-4-3-5-10-25/h3-15,22,28,30,33,39H,16-21,23H2,1-2H3/b15-14+/t28?,30-,33?,34+,35-/m1/s1. The van der Waals surface area contributed by atoms with Gasteiger partial charge in [-0.2, -0.15) is 0 Å². The number of nitrogens with zero attached hydrogens (tertiary/aromatic N) is 2. The van der Waals surface area contributed by atoms with Crippen LogP contribution in [0.1, 0.15) is 47.1 Å². The van der Waals surface area contributed by atoms with Gasteiger partial charge in [0.25, 0.3) is 0 Å². The first-order valence-corrected chi connectivity index (χ1v) is 14.7. The van der Waals surface area contributed by atoms with E-state index in [1.807, 2.05) is 30.2 Å². The van der Waals surface area contributed by atoms with E-state index in [2.05, 4.69) is 72.5 Å². The van der Waals surface area contributed by atoms with Crippen LogP contribution in [0.15, 0.2) is 78.9 Å². The summed E-state index contributed by atoms with van der Waals surface area (Å²) in [5, 5.41) is 12.8. The van der Waals surface area contributed by atoms with Crippen molar-refractivity contribution in [1.82, 2.24) is 9.80 Å². The Hall–Kier alpha value is -3.41. The van der Waals surface area contributed by atoms with Crippen LogP contribution >= 0.6 is 0 Å². The zero-order chi connectivity index (χ0) is 27.5. The normalized spacial score (nSPS) is 30.1.